The molecule has 0 bridgehead atoms. The molecule has 0 spiro atoms. The zero-order valence-corrected chi connectivity index (χ0v) is 22.4. The number of aromatic nitrogens is 2. The number of halogens is 2. The smallest absolute Gasteiger partial charge is 0.282 e. The maximum atomic E-state index is 13.6. The Morgan fingerprint density at radius 1 is 1.16 bits per heavy atom. The summed E-state index contributed by atoms with van der Waals surface area (Å²) >= 11 is 12.7. The summed E-state index contributed by atoms with van der Waals surface area (Å²) in [4.78, 5) is 18.4. The lowest BCUT2D eigenvalue weighted by atomic mass is 9.96. The minimum absolute atomic E-state index is 0.0357. The number of aryl methyl sites for hydroxylation is 1. The van der Waals surface area contributed by atoms with Crippen molar-refractivity contribution in [2.75, 3.05) is 13.7 Å². The first-order valence-electron chi connectivity index (χ1n) is 11.6. The summed E-state index contributed by atoms with van der Waals surface area (Å²) in [5, 5.41) is 5.54. The van der Waals surface area contributed by atoms with E-state index in [1.165, 1.54) is 10.9 Å². The van der Waals surface area contributed by atoms with Crippen LogP contribution in [0.5, 0.6) is 11.5 Å². The molecule has 0 radical (unpaired) electrons. The van der Waals surface area contributed by atoms with Gasteiger partial charge in [0.25, 0.3) is 5.56 Å². The molecule has 0 N–H and O–H groups in total. The highest BCUT2D eigenvalue weighted by Gasteiger charge is 2.18. The normalized spacial score (nSPS) is 11.3. The molecule has 3 aromatic carbocycles. The molecule has 0 fully saturated rings. The van der Waals surface area contributed by atoms with Crippen LogP contribution < -0.4 is 15.0 Å². The molecule has 0 unspecified atom stereocenters. The van der Waals surface area contributed by atoms with Crippen LogP contribution in [0.15, 0.2) is 58.4 Å². The molecule has 37 heavy (non-hydrogen) atoms. The van der Waals surface area contributed by atoms with Crippen LogP contribution in [-0.4, -0.2) is 29.6 Å². The molecule has 4 rings (SSSR count). The Balaban J connectivity index is 1.92. The third-order valence-corrected chi connectivity index (χ3v) is 6.40. The summed E-state index contributed by atoms with van der Waals surface area (Å²) in [5.74, 6) is 4.05. The van der Waals surface area contributed by atoms with Gasteiger partial charge in [-0.15, -0.1) is 6.42 Å². The van der Waals surface area contributed by atoms with Gasteiger partial charge in [0.05, 0.1) is 34.3 Å². The molecule has 188 valence electrons. The number of ether oxygens (including phenoxy) is 2. The van der Waals surface area contributed by atoms with Crippen molar-refractivity contribution in [3.8, 4) is 35.2 Å². The van der Waals surface area contributed by atoms with Gasteiger partial charge in [0.2, 0.25) is 0 Å². The molecule has 0 aliphatic carbocycles. The quantitative estimate of drug-likeness (QED) is 0.195. The number of hydrogen-bond acceptors (Lipinski definition) is 5. The molecule has 0 amide bonds. The average molecular weight is 534 g/mol. The molecular formula is C29H25Cl2N3O3. The van der Waals surface area contributed by atoms with Crippen LogP contribution in [-0.2, 0) is 0 Å². The van der Waals surface area contributed by atoms with Gasteiger partial charge in [0.15, 0.2) is 11.6 Å². The van der Waals surface area contributed by atoms with Crippen LogP contribution in [0.4, 0.5) is 0 Å². The summed E-state index contributed by atoms with van der Waals surface area (Å²) in [7, 11) is 1.65. The average Bonchev–Trinajstić information content (AvgIpc) is 2.87. The minimum atomic E-state index is -0.302. The van der Waals surface area contributed by atoms with Crippen molar-refractivity contribution in [2.24, 2.45) is 5.10 Å². The Morgan fingerprint density at radius 3 is 2.51 bits per heavy atom. The maximum absolute atomic E-state index is 13.6. The van der Waals surface area contributed by atoms with Crippen molar-refractivity contribution in [1.29, 1.82) is 0 Å². The fourth-order valence-electron chi connectivity index (χ4n) is 4.00. The fourth-order valence-corrected chi connectivity index (χ4v) is 4.62. The van der Waals surface area contributed by atoms with Gasteiger partial charge in [-0.05, 0) is 65.9 Å². The lowest BCUT2D eigenvalue weighted by Gasteiger charge is -2.17. The first-order chi connectivity index (χ1) is 17.7. The van der Waals surface area contributed by atoms with E-state index in [4.69, 9.17) is 44.1 Å². The van der Waals surface area contributed by atoms with Crippen LogP contribution >= 0.6 is 23.2 Å². The van der Waals surface area contributed by atoms with E-state index in [9.17, 15) is 4.79 Å². The SMILES string of the molecule is C#CCOc1c(Cl)cc(C=Nn2c(-c3cc(C(C)C)c(OC)cc3C)nc3ccccc3c2=O)cc1Cl. The topological polar surface area (TPSA) is 65.7 Å². The van der Waals surface area contributed by atoms with Gasteiger partial charge in [-0.1, -0.05) is 55.1 Å². The molecule has 8 heteroatoms. The fraction of sp³-hybridized carbons (Fsp3) is 0.207. The minimum Gasteiger partial charge on any atom is -0.496 e. The van der Waals surface area contributed by atoms with E-state index in [0.717, 1.165) is 22.4 Å². The lowest BCUT2D eigenvalue weighted by Crippen LogP contribution is -2.20. The third kappa shape index (κ3) is 5.34. The Kier molecular flexibility index (Phi) is 7.87. The van der Waals surface area contributed by atoms with Gasteiger partial charge in [-0.2, -0.15) is 9.78 Å². The van der Waals surface area contributed by atoms with E-state index in [1.807, 2.05) is 31.2 Å². The molecule has 1 aromatic heterocycles. The van der Waals surface area contributed by atoms with Crippen molar-refractivity contribution in [1.82, 2.24) is 9.66 Å². The number of para-hydroxylation sites is 1. The van der Waals surface area contributed by atoms with E-state index in [0.29, 0.717) is 28.0 Å². The van der Waals surface area contributed by atoms with Crippen LogP contribution in [0.1, 0.15) is 36.5 Å². The van der Waals surface area contributed by atoms with Crippen molar-refractivity contribution >= 4 is 40.3 Å². The van der Waals surface area contributed by atoms with Crippen LogP contribution in [0, 0.1) is 19.3 Å². The molecule has 1 heterocycles. The van der Waals surface area contributed by atoms with Gasteiger partial charge in [0.1, 0.15) is 12.4 Å². The Bertz CT molecular complexity index is 1590. The molecule has 0 atom stereocenters. The Morgan fingerprint density at radius 2 is 1.86 bits per heavy atom. The van der Waals surface area contributed by atoms with Crippen molar-refractivity contribution in [2.45, 2.75) is 26.7 Å². The standard InChI is InChI=1S/C29H25Cl2N3O3/c1-6-11-37-27-23(30)13-19(14-24(27)31)16-32-34-28(33-25-10-8-7-9-20(25)29(34)35)22-15-21(17(2)3)26(36-5)12-18(22)4/h1,7-10,12-17H,11H2,2-5H3. The van der Waals surface area contributed by atoms with Crippen LogP contribution in [0.2, 0.25) is 10.0 Å². The predicted molar refractivity (Wildman–Crippen MR) is 151 cm³/mol. The van der Waals surface area contributed by atoms with E-state index in [1.54, 1.807) is 31.4 Å². The molecule has 6 nitrogen and oxygen atoms in total. The largest absolute Gasteiger partial charge is 0.496 e. The number of methoxy groups -OCH3 is 1. The molecule has 0 saturated heterocycles. The van der Waals surface area contributed by atoms with Crippen molar-refractivity contribution in [3.05, 3.63) is 85.6 Å². The number of nitrogens with zero attached hydrogens (tertiary/aromatic N) is 3. The second kappa shape index (κ2) is 11.1. The summed E-state index contributed by atoms with van der Waals surface area (Å²) in [6.07, 6.45) is 6.77. The van der Waals surface area contributed by atoms with Crippen LogP contribution in [0.3, 0.4) is 0 Å². The number of fused-ring (bicyclic) bond motifs is 1. The molecule has 4 aromatic rings. The van der Waals surface area contributed by atoms with Gasteiger partial charge < -0.3 is 9.47 Å². The first kappa shape index (κ1) is 26.3. The Hall–Kier alpha value is -3.79. The highest BCUT2D eigenvalue weighted by molar-refractivity contribution is 6.37. The number of benzene rings is 3. The highest BCUT2D eigenvalue weighted by Crippen LogP contribution is 2.35. The summed E-state index contributed by atoms with van der Waals surface area (Å²) in [6, 6.07) is 14.4. The van der Waals surface area contributed by atoms with E-state index in [-0.39, 0.29) is 28.1 Å². The van der Waals surface area contributed by atoms with E-state index < -0.39 is 0 Å². The van der Waals surface area contributed by atoms with Gasteiger partial charge in [-0.25, -0.2) is 4.98 Å². The zero-order chi connectivity index (χ0) is 26.7. The second-order valence-electron chi connectivity index (χ2n) is 8.68. The molecular weight excluding hydrogens is 509 g/mol. The summed E-state index contributed by atoms with van der Waals surface area (Å²) < 4.78 is 12.3. The van der Waals surface area contributed by atoms with E-state index in [2.05, 4.69) is 24.9 Å². The number of terminal acetylenes is 1. The van der Waals surface area contributed by atoms with E-state index >= 15 is 0 Å². The monoisotopic (exact) mass is 533 g/mol. The maximum Gasteiger partial charge on any atom is 0.282 e. The van der Waals surface area contributed by atoms with Gasteiger partial charge >= 0.3 is 0 Å². The van der Waals surface area contributed by atoms with Crippen molar-refractivity contribution < 1.29 is 9.47 Å². The highest BCUT2D eigenvalue weighted by atomic mass is 35.5. The number of rotatable bonds is 7. The molecule has 0 saturated carbocycles. The lowest BCUT2D eigenvalue weighted by molar-refractivity contribution is 0.371. The molecule has 0 aliphatic rings. The predicted octanol–water partition coefficient (Wildman–Crippen LogP) is 6.70. The third-order valence-electron chi connectivity index (χ3n) is 5.84. The second-order valence-corrected chi connectivity index (χ2v) is 9.50. The zero-order valence-electron chi connectivity index (χ0n) is 20.9. The summed E-state index contributed by atoms with van der Waals surface area (Å²) in [5.41, 5.74) is 3.53. The van der Waals surface area contributed by atoms with Gasteiger partial charge in [-0.3, -0.25) is 4.79 Å². The van der Waals surface area contributed by atoms with Crippen molar-refractivity contribution in [3.63, 3.8) is 0 Å². The first-order valence-corrected chi connectivity index (χ1v) is 12.3. The Labute approximate surface area is 225 Å². The van der Waals surface area contributed by atoms with Crippen LogP contribution in [0.25, 0.3) is 22.3 Å². The van der Waals surface area contributed by atoms with Gasteiger partial charge in [0, 0.05) is 5.56 Å². The molecule has 0 aliphatic heterocycles. The summed E-state index contributed by atoms with van der Waals surface area (Å²) in [6.45, 7) is 6.15. The number of hydrogen-bond donors (Lipinski definition) is 0.